The molecule has 0 saturated heterocycles. The Labute approximate surface area is 132 Å². The summed E-state index contributed by atoms with van der Waals surface area (Å²) in [5, 5.41) is 9.46. The van der Waals surface area contributed by atoms with Crippen LogP contribution in [0.15, 0.2) is 48.5 Å². The van der Waals surface area contributed by atoms with Crippen LogP contribution in [0, 0.1) is 18.3 Å². The molecule has 0 heterocycles. The molecule has 1 unspecified atom stereocenters. The summed E-state index contributed by atoms with van der Waals surface area (Å²) in [7, 11) is 1.64. The van der Waals surface area contributed by atoms with E-state index in [1.165, 1.54) is 0 Å². The molecule has 0 aliphatic carbocycles. The first kappa shape index (κ1) is 15.9. The number of nitriles is 1. The van der Waals surface area contributed by atoms with Gasteiger partial charge in [0, 0.05) is 5.56 Å². The molecule has 0 N–H and O–H groups in total. The van der Waals surface area contributed by atoms with Crippen molar-refractivity contribution in [3.8, 4) is 17.6 Å². The van der Waals surface area contributed by atoms with Gasteiger partial charge in [-0.3, -0.25) is 0 Å². The van der Waals surface area contributed by atoms with Crippen LogP contribution in [0.5, 0.6) is 11.5 Å². The van der Waals surface area contributed by atoms with Gasteiger partial charge in [-0.1, -0.05) is 35.9 Å². The number of para-hydroxylation sites is 1. The monoisotopic (exact) mass is 295 g/mol. The maximum absolute atomic E-state index is 9.46. The van der Waals surface area contributed by atoms with Crippen LogP contribution in [0.25, 0.3) is 0 Å². The van der Waals surface area contributed by atoms with Crippen LogP contribution in [0.1, 0.15) is 29.9 Å². The van der Waals surface area contributed by atoms with Crippen molar-refractivity contribution in [2.45, 2.75) is 25.7 Å². The van der Waals surface area contributed by atoms with Gasteiger partial charge >= 0.3 is 0 Å². The maximum Gasteiger partial charge on any atom is 0.123 e. The summed E-state index contributed by atoms with van der Waals surface area (Å²) in [6, 6.07) is 18.1. The van der Waals surface area contributed by atoms with Crippen LogP contribution >= 0.6 is 0 Å². The molecule has 3 heteroatoms. The highest BCUT2D eigenvalue weighted by atomic mass is 16.5. The Bertz CT molecular complexity index is 632. The zero-order valence-electron chi connectivity index (χ0n) is 13.1. The molecule has 2 rings (SSSR count). The minimum absolute atomic E-state index is 0.172. The van der Waals surface area contributed by atoms with Crippen molar-refractivity contribution < 1.29 is 9.47 Å². The van der Waals surface area contributed by atoms with Gasteiger partial charge in [0.2, 0.25) is 0 Å². The highest BCUT2D eigenvalue weighted by molar-refractivity contribution is 5.41. The molecule has 0 aliphatic rings. The minimum atomic E-state index is -0.172. The van der Waals surface area contributed by atoms with Gasteiger partial charge < -0.3 is 9.47 Å². The largest absolute Gasteiger partial charge is 0.496 e. The predicted molar refractivity (Wildman–Crippen MR) is 87.3 cm³/mol. The highest BCUT2D eigenvalue weighted by Crippen LogP contribution is 2.30. The third-order valence-corrected chi connectivity index (χ3v) is 3.57. The summed E-state index contributed by atoms with van der Waals surface area (Å²) in [6.45, 7) is 2.63. The SMILES string of the molecule is COc1ccc(C)cc1C(C#N)CCCOc1ccccc1. The van der Waals surface area contributed by atoms with E-state index in [9.17, 15) is 5.26 Å². The van der Waals surface area contributed by atoms with Crippen LogP contribution in [0.2, 0.25) is 0 Å². The number of benzene rings is 2. The van der Waals surface area contributed by atoms with E-state index in [1.807, 2.05) is 55.5 Å². The predicted octanol–water partition coefficient (Wildman–Crippen LogP) is 4.47. The molecule has 0 saturated carbocycles. The topological polar surface area (TPSA) is 42.2 Å². The van der Waals surface area contributed by atoms with Gasteiger partial charge in [-0.15, -0.1) is 0 Å². The van der Waals surface area contributed by atoms with Gasteiger partial charge in [0.15, 0.2) is 0 Å². The van der Waals surface area contributed by atoms with E-state index < -0.39 is 0 Å². The van der Waals surface area contributed by atoms with Gasteiger partial charge in [0.05, 0.1) is 25.7 Å². The Hall–Kier alpha value is -2.47. The van der Waals surface area contributed by atoms with E-state index in [4.69, 9.17) is 9.47 Å². The Balaban J connectivity index is 1.93. The molecule has 0 amide bonds. The van der Waals surface area contributed by atoms with Crippen molar-refractivity contribution in [3.05, 3.63) is 59.7 Å². The minimum Gasteiger partial charge on any atom is -0.496 e. The maximum atomic E-state index is 9.46. The molecule has 0 aromatic heterocycles. The molecule has 2 aromatic carbocycles. The molecular weight excluding hydrogens is 274 g/mol. The molecule has 2 aromatic rings. The zero-order chi connectivity index (χ0) is 15.8. The summed E-state index contributed by atoms with van der Waals surface area (Å²) < 4.78 is 11.1. The molecule has 0 fully saturated rings. The second-order valence-corrected chi connectivity index (χ2v) is 5.23. The fourth-order valence-electron chi connectivity index (χ4n) is 2.41. The number of hydrogen-bond acceptors (Lipinski definition) is 3. The number of nitrogens with zero attached hydrogens (tertiary/aromatic N) is 1. The number of rotatable bonds is 7. The third-order valence-electron chi connectivity index (χ3n) is 3.57. The first-order valence-electron chi connectivity index (χ1n) is 7.46. The molecule has 22 heavy (non-hydrogen) atoms. The summed E-state index contributed by atoms with van der Waals surface area (Å²) in [6.07, 6.45) is 1.58. The summed E-state index contributed by atoms with van der Waals surface area (Å²) in [5.41, 5.74) is 2.10. The number of methoxy groups -OCH3 is 1. The van der Waals surface area contributed by atoms with E-state index in [-0.39, 0.29) is 5.92 Å². The Morgan fingerprint density at radius 3 is 2.59 bits per heavy atom. The van der Waals surface area contributed by atoms with Gasteiger partial charge in [0.1, 0.15) is 11.5 Å². The van der Waals surface area contributed by atoms with Crippen LogP contribution in [0.3, 0.4) is 0 Å². The van der Waals surface area contributed by atoms with Crippen LogP contribution in [0.4, 0.5) is 0 Å². The quantitative estimate of drug-likeness (QED) is 0.708. The van der Waals surface area contributed by atoms with Crippen molar-refractivity contribution in [2.75, 3.05) is 13.7 Å². The third kappa shape index (κ3) is 4.26. The lowest BCUT2D eigenvalue weighted by atomic mass is 9.93. The second-order valence-electron chi connectivity index (χ2n) is 5.23. The number of ether oxygens (including phenoxy) is 2. The second kappa shape index (κ2) is 8.09. The standard InChI is InChI=1S/C19H21NO2/c1-15-10-11-19(21-2)18(13-15)16(14-20)7-6-12-22-17-8-4-3-5-9-17/h3-5,8-11,13,16H,6-7,12H2,1-2H3. The van der Waals surface area contributed by atoms with Crippen molar-refractivity contribution in [1.82, 2.24) is 0 Å². The van der Waals surface area contributed by atoms with Gasteiger partial charge in [-0.2, -0.15) is 5.26 Å². The number of aryl methyl sites for hydroxylation is 1. The van der Waals surface area contributed by atoms with E-state index in [0.717, 1.165) is 35.5 Å². The molecule has 0 radical (unpaired) electrons. The summed E-state index contributed by atoms with van der Waals surface area (Å²) >= 11 is 0. The van der Waals surface area contributed by atoms with Crippen LogP contribution in [-0.4, -0.2) is 13.7 Å². The average molecular weight is 295 g/mol. The lowest BCUT2D eigenvalue weighted by Crippen LogP contribution is -2.04. The Kier molecular flexibility index (Phi) is 5.85. The smallest absolute Gasteiger partial charge is 0.123 e. The normalized spacial score (nSPS) is 11.5. The lowest BCUT2D eigenvalue weighted by Gasteiger charge is -2.14. The molecule has 0 aliphatic heterocycles. The van der Waals surface area contributed by atoms with Gasteiger partial charge in [0.25, 0.3) is 0 Å². The zero-order valence-corrected chi connectivity index (χ0v) is 13.1. The van der Waals surface area contributed by atoms with E-state index in [1.54, 1.807) is 7.11 Å². The van der Waals surface area contributed by atoms with E-state index in [0.29, 0.717) is 6.61 Å². The fourth-order valence-corrected chi connectivity index (χ4v) is 2.41. The Morgan fingerprint density at radius 1 is 1.14 bits per heavy atom. The fraction of sp³-hybridized carbons (Fsp3) is 0.316. The van der Waals surface area contributed by atoms with Crippen LogP contribution < -0.4 is 9.47 Å². The summed E-state index contributed by atoms with van der Waals surface area (Å²) in [5.74, 6) is 1.47. The van der Waals surface area contributed by atoms with Crippen molar-refractivity contribution in [1.29, 1.82) is 5.26 Å². The van der Waals surface area contributed by atoms with Crippen LogP contribution in [-0.2, 0) is 0 Å². The molecule has 114 valence electrons. The van der Waals surface area contributed by atoms with E-state index in [2.05, 4.69) is 6.07 Å². The molecular formula is C19H21NO2. The van der Waals surface area contributed by atoms with Crippen molar-refractivity contribution in [3.63, 3.8) is 0 Å². The Morgan fingerprint density at radius 2 is 1.91 bits per heavy atom. The molecule has 3 nitrogen and oxygen atoms in total. The molecule has 0 spiro atoms. The van der Waals surface area contributed by atoms with Gasteiger partial charge in [-0.05, 0) is 38.0 Å². The average Bonchev–Trinajstić information content (AvgIpc) is 2.56. The van der Waals surface area contributed by atoms with Crippen molar-refractivity contribution >= 4 is 0 Å². The molecule has 1 atom stereocenters. The number of hydrogen-bond donors (Lipinski definition) is 0. The van der Waals surface area contributed by atoms with Gasteiger partial charge in [-0.25, -0.2) is 0 Å². The first-order chi connectivity index (χ1) is 10.7. The van der Waals surface area contributed by atoms with E-state index >= 15 is 0 Å². The molecule has 0 bridgehead atoms. The highest BCUT2D eigenvalue weighted by Gasteiger charge is 2.15. The summed E-state index contributed by atoms with van der Waals surface area (Å²) in [4.78, 5) is 0. The first-order valence-corrected chi connectivity index (χ1v) is 7.46. The lowest BCUT2D eigenvalue weighted by molar-refractivity contribution is 0.304. The van der Waals surface area contributed by atoms with Crippen molar-refractivity contribution in [2.24, 2.45) is 0 Å².